The smallest absolute Gasteiger partial charge is 0.486 e. The standard InChI is InChI=1S/C19H26N2O4.C2HF3O2/c1-3-20-11-14-15(12-20)21(8-7-16(14)23-2)19(22)13-5-4-6-17-18(13)25-10-9-24-17;3-2(4,5)1(6)7/h4-6,14-16H,3,7-12H2,1-2H3;(H,6,7)/t14-,15+,16-;/m0./s1. The van der Waals surface area contributed by atoms with E-state index in [4.69, 9.17) is 24.1 Å². The van der Waals surface area contributed by atoms with Crippen molar-refractivity contribution in [3.05, 3.63) is 23.8 Å². The van der Waals surface area contributed by atoms with Gasteiger partial charge in [-0.25, -0.2) is 4.79 Å². The Bertz CT molecular complexity index is 834. The van der Waals surface area contributed by atoms with Crippen LogP contribution in [-0.4, -0.2) is 91.6 Å². The molecular weight excluding hydrogens is 433 g/mol. The molecule has 32 heavy (non-hydrogen) atoms. The molecule has 0 unspecified atom stereocenters. The van der Waals surface area contributed by atoms with E-state index in [1.54, 1.807) is 7.11 Å². The summed E-state index contributed by atoms with van der Waals surface area (Å²) in [7, 11) is 1.78. The predicted molar refractivity (Wildman–Crippen MR) is 107 cm³/mol. The van der Waals surface area contributed by atoms with Crippen molar-refractivity contribution in [2.45, 2.75) is 31.7 Å². The monoisotopic (exact) mass is 460 g/mol. The Morgan fingerprint density at radius 3 is 2.53 bits per heavy atom. The molecule has 8 nitrogen and oxygen atoms in total. The van der Waals surface area contributed by atoms with E-state index < -0.39 is 12.1 Å². The molecule has 1 aromatic carbocycles. The number of rotatable bonds is 3. The molecule has 11 heteroatoms. The lowest BCUT2D eigenvalue weighted by molar-refractivity contribution is -0.192. The number of benzene rings is 1. The fraction of sp³-hybridized carbons (Fsp3) is 0.619. The van der Waals surface area contributed by atoms with Gasteiger partial charge in [0.15, 0.2) is 11.5 Å². The third-order valence-electron chi connectivity index (χ3n) is 5.99. The lowest BCUT2D eigenvalue weighted by Crippen LogP contribution is -2.53. The molecular formula is C21H27F3N2O6. The first kappa shape index (κ1) is 24.1. The highest BCUT2D eigenvalue weighted by molar-refractivity contribution is 5.98. The summed E-state index contributed by atoms with van der Waals surface area (Å²) < 4.78 is 48.8. The number of hydrogen-bond acceptors (Lipinski definition) is 6. The maximum absolute atomic E-state index is 13.3. The zero-order chi connectivity index (χ0) is 23.5. The molecule has 178 valence electrons. The van der Waals surface area contributed by atoms with Crippen molar-refractivity contribution in [2.75, 3.05) is 46.5 Å². The number of nitrogens with zero attached hydrogens (tertiary/aromatic N) is 2. The molecule has 1 amide bonds. The Labute approximate surface area is 183 Å². The van der Waals surface area contributed by atoms with E-state index in [1.807, 2.05) is 23.1 Å². The van der Waals surface area contributed by atoms with Crippen molar-refractivity contribution < 1.29 is 42.1 Å². The summed E-state index contributed by atoms with van der Waals surface area (Å²) in [5, 5.41) is 7.12. The Balaban J connectivity index is 0.000000360. The van der Waals surface area contributed by atoms with Gasteiger partial charge in [0, 0.05) is 32.7 Å². The number of piperidine rings is 1. The van der Waals surface area contributed by atoms with Crippen LogP contribution < -0.4 is 9.47 Å². The molecule has 0 radical (unpaired) electrons. The van der Waals surface area contributed by atoms with Crippen molar-refractivity contribution in [1.29, 1.82) is 0 Å². The fourth-order valence-corrected chi connectivity index (χ4v) is 4.44. The summed E-state index contributed by atoms with van der Waals surface area (Å²) in [4.78, 5) is 26.7. The zero-order valence-electron chi connectivity index (χ0n) is 17.9. The van der Waals surface area contributed by atoms with Crippen LogP contribution >= 0.6 is 0 Å². The number of carbonyl (C=O) groups is 2. The number of carboxylic acids is 1. The molecule has 0 spiro atoms. The molecule has 3 heterocycles. The maximum Gasteiger partial charge on any atom is 0.490 e. The molecule has 1 N–H and O–H groups in total. The van der Waals surface area contributed by atoms with E-state index >= 15 is 0 Å². The van der Waals surface area contributed by atoms with Crippen LogP contribution in [0.1, 0.15) is 23.7 Å². The maximum atomic E-state index is 13.3. The van der Waals surface area contributed by atoms with E-state index in [9.17, 15) is 18.0 Å². The molecule has 3 aliphatic heterocycles. The van der Waals surface area contributed by atoms with E-state index in [0.29, 0.717) is 36.2 Å². The minimum Gasteiger partial charge on any atom is -0.486 e. The fourth-order valence-electron chi connectivity index (χ4n) is 4.44. The molecule has 1 aromatic rings. The molecule has 2 saturated heterocycles. The number of hydrogen-bond donors (Lipinski definition) is 1. The number of likely N-dealkylation sites (tertiary alicyclic amines) is 2. The van der Waals surface area contributed by atoms with Gasteiger partial charge in [0.05, 0.1) is 17.7 Å². The number of para-hydroxylation sites is 1. The predicted octanol–water partition coefficient (Wildman–Crippen LogP) is 2.27. The third kappa shape index (κ3) is 5.09. The van der Waals surface area contributed by atoms with E-state index in [0.717, 1.165) is 32.6 Å². The highest BCUT2D eigenvalue weighted by Crippen LogP contribution is 2.37. The number of carbonyl (C=O) groups excluding carboxylic acids is 1. The van der Waals surface area contributed by atoms with Gasteiger partial charge in [-0.2, -0.15) is 13.2 Å². The number of alkyl halides is 3. The first-order valence-electron chi connectivity index (χ1n) is 10.4. The Morgan fingerprint density at radius 1 is 1.22 bits per heavy atom. The van der Waals surface area contributed by atoms with Crippen molar-refractivity contribution in [3.8, 4) is 11.5 Å². The molecule has 0 saturated carbocycles. The highest BCUT2D eigenvalue weighted by Gasteiger charge is 2.46. The molecule has 2 fully saturated rings. The van der Waals surface area contributed by atoms with Crippen molar-refractivity contribution >= 4 is 11.9 Å². The van der Waals surface area contributed by atoms with Crippen LogP contribution in [0.5, 0.6) is 11.5 Å². The summed E-state index contributed by atoms with van der Waals surface area (Å²) in [5.41, 5.74) is 0.613. The number of ether oxygens (including phenoxy) is 3. The van der Waals surface area contributed by atoms with E-state index in [2.05, 4.69) is 11.8 Å². The Morgan fingerprint density at radius 2 is 1.91 bits per heavy atom. The Kier molecular flexibility index (Phi) is 7.50. The topological polar surface area (TPSA) is 88.5 Å². The normalized spacial score (nSPS) is 24.9. The van der Waals surface area contributed by atoms with Crippen LogP contribution in [0, 0.1) is 5.92 Å². The summed E-state index contributed by atoms with van der Waals surface area (Å²) in [5.74, 6) is -1.08. The number of carboxylic acid groups (broad SMARTS) is 1. The minimum absolute atomic E-state index is 0.0462. The number of methoxy groups -OCH3 is 1. The van der Waals surface area contributed by atoms with Crippen LogP contribution in [0.25, 0.3) is 0 Å². The SMILES string of the molecule is CCN1C[C@@H]2[C@@H](OC)CCN(C(=O)c3cccc4c3OCCO4)[C@@H]2C1.O=C(O)C(F)(F)F. The lowest BCUT2D eigenvalue weighted by atomic mass is 9.88. The zero-order valence-corrected chi connectivity index (χ0v) is 17.9. The van der Waals surface area contributed by atoms with E-state index in [-0.39, 0.29) is 18.1 Å². The minimum atomic E-state index is -5.08. The van der Waals surface area contributed by atoms with E-state index in [1.165, 1.54) is 0 Å². The van der Waals surface area contributed by atoms with Crippen LogP contribution in [0.2, 0.25) is 0 Å². The quantitative estimate of drug-likeness (QED) is 0.740. The number of halogens is 3. The van der Waals surface area contributed by atoms with Gasteiger partial charge >= 0.3 is 12.1 Å². The second-order valence-electron chi connectivity index (χ2n) is 7.78. The first-order chi connectivity index (χ1) is 15.2. The molecule has 4 rings (SSSR count). The first-order valence-corrected chi connectivity index (χ1v) is 10.4. The summed E-state index contributed by atoms with van der Waals surface area (Å²) in [6.45, 7) is 6.82. The third-order valence-corrected chi connectivity index (χ3v) is 5.99. The number of amides is 1. The average Bonchev–Trinajstić information content (AvgIpc) is 3.22. The van der Waals surface area contributed by atoms with Crippen LogP contribution in [0.4, 0.5) is 13.2 Å². The largest absolute Gasteiger partial charge is 0.490 e. The summed E-state index contributed by atoms with van der Waals surface area (Å²) >= 11 is 0. The van der Waals surface area contributed by atoms with Gasteiger partial charge in [-0.05, 0) is 25.1 Å². The number of likely N-dealkylation sites (N-methyl/N-ethyl adjacent to an activating group) is 1. The molecule has 0 bridgehead atoms. The van der Waals surface area contributed by atoms with Crippen LogP contribution in [0.3, 0.4) is 0 Å². The summed E-state index contributed by atoms with van der Waals surface area (Å²) in [6.07, 6.45) is -3.97. The van der Waals surface area contributed by atoms with Crippen molar-refractivity contribution in [2.24, 2.45) is 5.92 Å². The van der Waals surface area contributed by atoms with Gasteiger partial charge in [0.1, 0.15) is 13.2 Å². The van der Waals surface area contributed by atoms with Crippen molar-refractivity contribution in [3.63, 3.8) is 0 Å². The molecule has 0 aliphatic carbocycles. The number of aliphatic carboxylic acids is 1. The second-order valence-corrected chi connectivity index (χ2v) is 7.78. The Hall–Kier alpha value is -2.53. The van der Waals surface area contributed by atoms with Crippen LogP contribution in [0.15, 0.2) is 18.2 Å². The average molecular weight is 460 g/mol. The van der Waals surface area contributed by atoms with Gasteiger partial charge in [0.25, 0.3) is 5.91 Å². The van der Waals surface area contributed by atoms with Crippen LogP contribution in [-0.2, 0) is 9.53 Å². The highest BCUT2D eigenvalue weighted by atomic mass is 19.4. The van der Waals surface area contributed by atoms with Gasteiger partial charge < -0.3 is 29.1 Å². The van der Waals surface area contributed by atoms with Gasteiger partial charge in [0.2, 0.25) is 0 Å². The second kappa shape index (κ2) is 9.95. The molecule has 3 aliphatic rings. The lowest BCUT2D eigenvalue weighted by Gasteiger charge is -2.41. The molecule has 3 atom stereocenters. The summed E-state index contributed by atoms with van der Waals surface area (Å²) in [6, 6.07) is 5.78. The number of fused-ring (bicyclic) bond motifs is 2. The van der Waals surface area contributed by atoms with Gasteiger partial charge in [-0.15, -0.1) is 0 Å². The van der Waals surface area contributed by atoms with Gasteiger partial charge in [-0.1, -0.05) is 13.0 Å². The molecule has 0 aromatic heterocycles. The van der Waals surface area contributed by atoms with Gasteiger partial charge in [-0.3, -0.25) is 4.79 Å². The van der Waals surface area contributed by atoms with Crippen molar-refractivity contribution in [1.82, 2.24) is 9.80 Å².